The lowest BCUT2D eigenvalue weighted by Crippen LogP contribution is -2.24. The molecule has 0 amide bonds. The molecule has 2 heterocycles. The number of nitrogens with zero attached hydrogens (tertiary/aromatic N) is 1. The highest BCUT2D eigenvalue weighted by molar-refractivity contribution is 7.71. The molecule has 0 bridgehead atoms. The fraction of sp³-hybridized carbons (Fsp3) is 0.538. The van der Waals surface area contributed by atoms with Crippen LogP contribution in [0, 0.1) is 18.6 Å². The molecular formula is C13H18N2O3S2. The molecule has 7 heteroatoms. The van der Waals surface area contributed by atoms with Crippen molar-refractivity contribution in [1.82, 2.24) is 9.55 Å². The maximum Gasteiger partial charge on any atom is 0.263 e. The standard InChI is InChI=1S/C13H18N2O3S2/c1-8-9(2)20-11-10(8)12(16)15(13(19)14-11)4-5-18-7-6-17-3/h4-7H2,1-3H3,(H,14,19). The van der Waals surface area contributed by atoms with Crippen LogP contribution in [0.25, 0.3) is 10.2 Å². The zero-order chi connectivity index (χ0) is 14.7. The molecule has 0 saturated carbocycles. The Bertz CT molecular complexity index is 715. The molecule has 0 radical (unpaired) electrons. The lowest BCUT2D eigenvalue weighted by atomic mass is 10.2. The van der Waals surface area contributed by atoms with Gasteiger partial charge in [-0.05, 0) is 31.6 Å². The number of hydrogen-bond acceptors (Lipinski definition) is 5. The van der Waals surface area contributed by atoms with Crippen LogP contribution in [-0.4, -0.2) is 36.5 Å². The van der Waals surface area contributed by atoms with Gasteiger partial charge in [0.25, 0.3) is 5.56 Å². The van der Waals surface area contributed by atoms with Gasteiger partial charge in [0.2, 0.25) is 0 Å². The lowest BCUT2D eigenvalue weighted by molar-refractivity contribution is 0.0661. The normalized spacial score (nSPS) is 11.3. The van der Waals surface area contributed by atoms with Crippen molar-refractivity contribution in [1.29, 1.82) is 0 Å². The summed E-state index contributed by atoms with van der Waals surface area (Å²) in [6.07, 6.45) is 0. The molecule has 0 saturated heterocycles. The number of hydrogen-bond donors (Lipinski definition) is 1. The molecular weight excluding hydrogens is 296 g/mol. The average molecular weight is 314 g/mol. The summed E-state index contributed by atoms with van der Waals surface area (Å²) in [6.45, 7) is 5.92. The van der Waals surface area contributed by atoms with E-state index >= 15 is 0 Å². The van der Waals surface area contributed by atoms with Gasteiger partial charge in [0.1, 0.15) is 4.83 Å². The fourth-order valence-electron chi connectivity index (χ4n) is 1.97. The van der Waals surface area contributed by atoms with Crippen LogP contribution in [0.1, 0.15) is 10.4 Å². The third-order valence-corrected chi connectivity index (χ3v) is 4.65. The molecule has 5 nitrogen and oxygen atoms in total. The van der Waals surface area contributed by atoms with E-state index in [0.717, 1.165) is 20.7 Å². The molecule has 0 atom stereocenters. The number of H-pyrrole nitrogens is 1. The van der Waals surface area contributed by atoms with E-state index in [2.05, 4.69) is 4.98 Å². The predicted molar refractivity (Wildman–Crippen MR) is 83.4 cm³/mol. The van der Waals surface area contributed by atoms with E-state index in [0.29, 0.717) is 31.1 Å². The van der Waals surface area contributed by atoms with Crippen LogP contribution in [0.4, 0.5) is 0 Å². The van der Waals surface area contributed by atoms with E-state index in [4.69, 9.17) is 21.7 Å². The molecule has 2 rings (SSSR count). The second kappa shape index (κ2) is 6.62. The van der Waals surface area contributed by atoms with Crippen molar-refractivity contribution < 1.29 is 9.47 Å². The Kier molecular flexibility index (Phi) is 5.09. The summed E-state index contributed by atoms with van der Waals surface area (Å²) in [6, 6.07) is 0. The molecule has 110 valence electrons. The van der Waals surface area contributed by atoms with Crippen molar-refractivity contribution in [3.63, 3.8) is 0 Å². The highest BCUT2D eigenvalue weighted by Gasteiger charge is 2.12. The number of methoxy groups -OCH3 is 1. The highest BCUT2D eigenvalue weighted by atomic mass is 32.1. The second-order valence-electron chi connectivity index (χ2n) is 4.48. The maximum absolute atomic E-state index is 12.5. The Labute approximate surface area is 126 Å². The Hall–Kier alpha value is -1.02. The van der Waals surface area contributed by atoms with Crippen LogP contribution in [-0.2, 0) is 16.0 Å². The van der Waals surface area contributed by atoms with Gasteiger partial charge in [-0.1, -0.05) is 0 Å². The van der Waals surface area contributed by atoms with E-state index < -0.39 is 0 Å². The highest BCUT2D eigenvalue weighted by Crippen LogP contribution is 2.25. The first-order valence-electron chi connectivity index (χ1n) is 6.35. The maximum atomic E-state index is 12.5. The van der Waals surface area contributed by atoms with Gasteiger partial charge in [0, 0.05) is 12.0 Å². The van der Waals surface area contributed by atoms with Gasteiger partial charge < -0.3 is 14.5 Å². The van der Waals surface area contributed by atoms with Crippen LogP contribution in [0.15, 0.2) is 4.79 Å². The first kappa shape index (κ1) is 15.4. The summed E-state index contributed by atoms with van der Waals surface area (Å²) >= 11 is 6.82. The summed E-state index contributed by atoms with van der Waals surface area (Å²) in [5.74, 6) is 0. The Balaban J connectivity index is 2.27. The minimum atomic E-state index is -0.0408. The van der Waals surface area contributed by atoms with Crippen molar-refractivity contribution in [3.8, 4) is 0 Å². The average Bonchev–Trinajstić information content (AvgIpc) is 2.68. The monoisotopic (exact) mass is 314 g/mol. The third kappa shape index (κ3) is 3.01. The van der Waals surface area contributed by atoms with Gasteiger partial charge in [-0.3, -0.25) is 9.36 Å². The summed E-state index contributed by atoms with van der Waals surface area (Å²) in [7, 11) is 1.62. The van der Waals surface area contributed by atoms with Crippen LogP contribution < -0.4 is 5.56 Å². The number of thiophene rings is 1. The number of nitrogens with one attached hydrogen (secondary N) is 1. The molecule has 0 spiro atoms. The predicted octanol–water partition coefficient (Wildman–Crippen LogP) is 2.40. The van der Waals surface area contributed by atoms with E-state index in [9.17, 15) is 4.79 Å². The van der Waals surface area contributed by atoms with Crippen molar-refractivity contribution in [2.75, 3.05) is 26.9 Å². The molecule has 0 aliphatic heterocycles. The van der Waals surface area contributed by atoms with Crippen LogP contribution >= 0.6 is 23.6 Å². The molecule has 0 fully saturated rings. The quantitative estimate of drug-likeness (QED) is 0.657. The summed E-state index contributed by atoms with van der Waals surface area (Å²) < 4.78 is 12.3. The van der Waals surface area contributed by atoms with Crippen LogP contribution in [0.5, 0.6) is 0 Å². The summed E-state index contributed by atoms with van der Waals surface area (Å²) in [5.41, 5.74) is 0.983. The number of ether oxygens (including phenoxy) is 2. The molecule has 20 heavy (non-hydrogen) atoms. The van der Waals surface area contributed by atoms with Crippen LogP contribution in [0.2, 0.25) is 0 Å². The zero-order valence-electron chi connectivity index (χ0n) is 11.8. The van der Waals surface area contributed by atoms with Gasteiger partial charge in [-0.15, -0.1) is 11.3 Å². The number of aryl methyl sites for hydroxylation is 2. The zero-order valence-corrected chi connectivity index (χ0v) is 13.4. The van der Waals surface area contributed by atoms with E-state index in [-0.39, 0.29) is 5.56 Å². The molecule has 1 N–H and O–H groups in total. The second-order valence-corrected chi connectivity index (χ2v) is 6.09. The van der Waals surface area contributed by atoms with Crippen molar-refractivity contribution in [3.05, 3.63) is 25.6 Å². The molecule has 2 aromatic heterocycles. The minimum Gasteiger partial charge on any atom is -0.382 e. The molecule has 0 aromatic carbocycles. The lowest BCUT2D eigenvalue weighted by Gasteiger charge is -2.07. The van der Waals surface area contributed by atoms with Crippen molar-refractivity contribution >= 4 is 33.8 Å². The number of aromatic nitrogens is 2. The smallest absolute Gasteiger partial charge is 0.263 e. The largest absolute Gasteiger partial charge is 0.382 e. The number of aromatic amines is 1. The van der Waals surface area contributed by atoms with Gasteiger partial charge in [-0.25, -0.2) is 0 Å². The van der Waals surface area contributed by atoms with E-state index in [1.807, 2.05) is 13.8 Å². The van der Waals surface area contributed by atoms with Crippen molar-refractivity contribution in [2.45, 2.75) is 20.4 Å². The fourth-order valence-corrected chi connectivity index (χ4v) is 3.36. The Morgan fingerprint density at radius 2 is 2.05 bits per heavy atom. The number of fused-ring (bicyclic) bond motifs is 1. The molecule has 0 unspecified atom stereocenters. The molecule has 0 aliphatic rings. The first-order chi connectivity index (χ1) is 9.56. The van der Waals surface area contributed by atoms with E-state index in [1.165, 1.54) is 0 Å². The van der Waals surface area contributed by atoms with E-state index in [1.54, 1.807) is 23.0 Å². The minimum absolute atomic E-state index is 0.0408. The molecule has 2 aromatic rings. The SMILES string of the molecule is COCCOCCn1c(=S)[nH]c2sc(C)c(C)c2c1=O. The Morgan fingerprint density at radius 1 is 1.30 bits per heavy atom. The number of rotatable bonds is 6. The Morgan fingerprint density at radius 3 is 2.75 bits per heavy atom. The summed E-state index contributed by atoms with van der Waals surface area (Å²) in [4.78, 5) is 17.6. The van der Waals surface area contributed by atoms with Gasteiger partial charge in [0.05, 0.1) is 31.8 Å². The molecule has 0 aliphatic carbocycles. The van der Waals surface area contributed by atoms with Gasteiger partial charge >= 0.3 is 0 Å². The first-order valence-corrected chi connectivity index (χ1v) is 7.58. The topological polar surface area (TPSA) is 56.2 Å². The summed E-state index contributed by atoms with van der Waals surface area (Å²) in [5, 5.41) is 0.734. The van der Waals surface area contributed by atoms with Gasteiger partial charge in [0.15, 0.2) is 4.77 Å². The van der Waals surface area contributed by atoms with Crippen LogP contribution in [0.3, 0.4) is 0 Å². The van der Waals surface area contributed by atoms with Gasteiger partial charge in [-0.2, -0.15) is 0 Å². The van der Waals surface area contributed by atoms with Crippen molar-refractivity contribution in [2.24, 2.45) is 0 Å². The third-order valence-electron chi connectivity index (χ3n) is 3.20.